The van der Waals surface area contributed by atoms with Crippen LogP contribution < -0.4 is 4.74 Å². The normalized spacial score (nSPS) is 20.1. The second-order valence-electron chi connectivity index (χ2n) is 8.33. The number of hydrogen-bond donors (Lipinski definition) is 0. The maximum Gasteiger partial charge on any atom is 0.257 e. The molecule has 5 rings (SSSR count). The van der Waals surface area contributed by atoms with Crippen LogP contribution in [-0.2, 0) is 13.5 Å². The Hall–Kier alpha value is -2.86. The zero-order valence-electron chi connectivity index (χ0n) is 17.2. The molecule has 0 unspecified atom stereocenters. The zero-order valence-corrected chi connectivity index (χ0v) is 18.0. The van der Waals surface area contributed by atoms with Gasteiger partial charge >= 0.3 is 0 Å². The van der Waals surface area contributed by atoms with Gasteiger partial charge in [-0.05, 0) is 42.2 Å². The average molecular weight is 423 g/mol. The first-order chi connectivity index (χ1) is 14.4. The minimum atomic E-state index is 0.00201. The highest BCUT2D eigenvalue weighted by atomic mass is 35.5. The lowest BCUT2D eigenvalue weighted by molar-refractivity contribution is 0.0789. The molecule has 0 radical (unpaired) electrons. The van der Waals surface area contributed by atoms with Crippen LogP contribution in [-0.4, -0.2) is 44.8 Å². The molecular formula is C23H23ClN4O2. The van der Waals surface area contributed by atoms with Crippen molar-refractivity contribution in [2.75, 3.05) is 13.1 Å². The smallest absolute Gasteiger partial charge is 0.257 e. The number of nitrogens with zero attached hydrogens (tertiary/aromatic N) is 4. The summed E-state index contributed by atoms with van der Waals surface area (Å²) in [6.07, 6.45) is 6.25. The van der Waals surface area contributed by atoms with Gasteiger partial charge in [0, 0.05) is 37.5 Å². The number of rotatable bonds is 3. The molecule has 0 N–H and O–H groups in total. The molecule has 154 valence electrons. The van der Waals surface area contributed by atoms with Crippen LogP contribution in [0.4, 0.5) is 0 Å². The molecular weight excluding hydrogens is 400 g/mol. The number of aryl methyl sites for hydroxylation is 1. The first kappa shape index (κ1) is 19.1. The Morgan fingerprint density at radius 1 is 1.27 bits per heavy atom. The van der Waals surface area contributed by atoms with Crippen LogP contribution in [0.2, 0.25) is 5.02 Å². The van der Waals surface area contributed by atoms with Gasteiger partial charge in [0.2, 0.25) is 0 Å². The van der Waals surface area contributed by atoms with Gasteiger partial charge in [-0.15, -0.1) is 0 Å². The lowest BCUT2D eigenvalue weighted by Gasteiger charge is -2.22. The van der Waals surface area contributed by atoms with Crippen molar-refractivity contribution in [3.05, 3.63) is 64.1 Å². The number of benzene rings is 1. The molecule has 4 heterocycles. The molecule has 2 aliphatic rings. The molecule has 1 saturated heterocycles. The van der Waals surface area contributed by atoms with E-state index in [1.54, 1.807) is 10.9 Å². The molecule has 2 aliphatic heterocycles. The van der Waals surface area contributed by atoms with Crippen LogP contribution in [0.3, 0.4) is 0 Å². The second kappa shape index (κ2) is 7.13. The zero-order chi connectivity index (χ0) is 21.0. The van der Waals surface area contributed by atoms with Crippen molar-refractivity contribution >= 4 is 17.5 Å². The van der Waals surface area contributed by atoms with Gasteiger partial charge in [-0.25, -0.2) is 0 Å². The van der Waals surface area contributed by atoms with E-state index in [-0.39, 0.29) is 12.0 Å². The molecule has 0 spiro atoms. The van der Waals surface area contributed by atoms with Crippen LogP contribution in [0.25, 0.3) is 11.3 Å². The van der Waals surface area contributed by atoms with Gasteiger partial charge in [-0.2, -0.15) is 5.10 Å². The number of ether oxygens (including phenoxy) is 1. The van der Waals surface area contributed by atoms with E-state index < -0.39 is 0 Å². The van der Waals surface area contributed by atoms with Crippen LogP contribution in [0.1, 0.15) is 34.0 Å². The largest absolute Gasteiger partial charge is 0.486 e. The van der Waals surface area contributed by atoms with Gasteiger partial charge in [0.15, 0.2) is 5.75 Å². The molecule has 0 aliphatic carbocycles. The summed E-state index contributed by atoms with van der Waals surface area (Å²) in [6, 6.07) is 5.99. The van der Waals surface area contributed by atoms with Gasteiger partial charge in [0.25, 0.3) is 5.91 Å². The molecule has 0 saturated carbocycles. The van der Waals surface area contributed by atoms with Crippen molar-refractivity contribution in [2.45, 2.75) is 26.4 Å². The number of carbonyl (C=O) groups is 1. The first-order valence-electron chi connectivity index (χ1n) is 10.1. The molecule has 2 aromatic heterocycles. The standard InChI is InChI=1S/C23H23ClN4O2/c1-13-10-28-12-20(13)30-22-18(23(28)29)7-16(14(2)21(22)24)6-15-4-5-19(25-8-15)17-9-26-27(3)11-17/h4-5,7-9,11,13,20H,6,10,12H2,1-3H3/t13-,20+/m0/s1. The summed E-state index contributed by atoms with van der Waals surface area (Å²) in [4.78, 5) is 19.5. The van der Waals surface area contributed by atoms with Crippen molar-refractivity contribution in [1.29, 1.82) is 0 Å². The summed E-state index contributed by atoms with van der Waals surface area (Å²) in [7, 11) is 1.89. The fourth-order valence-electron chi connectivity index (χ4n) is 4.29. The molecule has 2 atom stereocenters. The molecule has 1 fully saturated rings. The van der Waals surface area contributed by atoms with E-state index >= 15 is 0 Å². The Labute approximate surface area is 180 Å². The van der Waals surface area contributed by atoms with Gasteiger partial charge in [-0.3, -0.25) is 14.5 Å². The van der Waals surface area contributed by atoms with Crippen molar-refractivity contribution in [3.63, 3.8) is 0 Å². The molecule has 30 heavy (non-hydrogen) atoms. The molecule has 7 heteroatoms. The minimum Gasteiger partial charge on any atom is -0.486 e. The van der Waals surface area contributed by atoms with Gasteiger partial charge in [0.05, 0.1) is 29.0 Å². The Morgan fingerprint density at radius 2 is 2.10 bits per heavy atom. The maximum absolute atomic E-state index is 13.1. The van der Waals surface area contributed by atoms with E-state index in [1.807, 2.05) is 43.4 Å². The SMILES string of the molecule is Cc1c(Cc2ccc(-c3cnn(C)c3)nc2)cc2c(c1Cl)O[C@@H]1CN(C[C@@H]1C)C2=O. The lowest BCUT2D eigenvalue weighted by Crippen LogP contribution is -2.28. The Morgan fingerprint density at radius 3 is 2.80 bits per heavy atom. The number of pyridine rings is 1. The van der Waals surface area contributed by atoms with Crippen LogP contribution >= 0.6 is 11.6 Å². The quantitative estimate of drug-likeness (QED) is 0.642. The minimum absolute atomic E-state index is 0.00201. The highest BCUT2D eigenvalue weighted by Gasteiger charge is 2.40. The summed E-state index contributed by atoms with van der Waals surface area (Å²) < 4.78 is 7.96. The Bertz CT molecular complexity index is 1140. The third-order valence-corrected chi connectivity index (χ3v) is 6.58. The Balaban J connectivity index is 1.47. The van der Waals surface area contributed by atoms with E-state index in [0.717, 1.165) is 34.5 Å². The van der Waals surface area contributed by atoms with Crippen molar-refractivity contribution in [3.8, 4) is 17.0 Å². The highest BCUT2D eigenvalue weighted by Crippen LogP contribution is 2.40. The lowest BCUT2D eigenvalue weighted by atomic mass is 9.97. The average Bonchev–Trinajstić information content (AvgIpc) is 3.29. The number of amides is 1. The van der Waals surface area contributed by atoms with Crippen LogP contribution in [0, 0.1) is 12.8 Å². The fraction of sp³-hybridized carbons (Fsp3) is 0.348. The number of fused-ring (bicyclic) bond motifs is 3. The predicted molar refractivity (Wildman–Crippen MR) is 115 cm³/mol. The summed E-state index contributed by atoms with van der Waals surface area (Å²) >= 11 is 6.69. The van der Waals surface area contributed by atoms with E-state index in [2.05, 4.69) is 23.1 Å². The number of halogens is 1. The molecule has 2 bridgehead atoms. The first-order valence-corrected chi connectivity index (χ1v) is 10.5. The summed E-state index contributed by atoms with van der Waals surface area (Å²) in [6.45, 7) is 5.44. The topological polar surface area (TPSA) is 60.2 Å². The van der Waals surface area contributed by atoms with Crippen molar-refractivity contribution < 1.29 is 9.53 Å². The van der Waals surface area contributed by atoms with Crippen LogP contribution in [0.15, 0.2) is 36.8 Å². The number of hydrogen-bond acceptors (Lipinski definition) is 4. The molecule has 1 aromatic carbocycles. The molecule has 3 aromatic rings. The van der Waals surface area contributed by atoms with E-state index in [9.17, 15) is 4.79 Å². The van der Waals surface area contributed by atoms with E-state index in [1.165, 1.54) is 0 Å². The molecule has 6 nitrogen and oxygen atoms in total. The summed E-state index contributed by atoms with van der Waals surface area (Å²) in [5.41, 5.74) is 5.44. The third kappa shape index (κ3) is 3.16. The van der Waals surface area contributed by atoms with E-state index in [4.69, 9.17) is 16.3 Å². The fourth-order valence-corrected chi connectivity index (χ4v) is 4.55. The van der Waals surface area contributed by atoms with Crippen molar-refractivity contribution in [2.24, 2.45) is 13.0 Å². The van der Waals surface area contributed by atoms with Gasteiger partial charge in [0.1, 0.15) is 6.10 Å². The third-order valence-electron chi connectivity index (χ3n) is 6.12. The second-order valence-corrected chi connectivity index (χ2v) is 8.70. The van der Waals surface area contributed by atoms with Gasteiger partial charge < -0.3 is 9.64 Å². The van der Waals surface area contributed by atoms with Crippen LogP contribution in [0.5, 0.6) is 5.75 Å². The Kier molecular flexibility index (Phi) is 4.54. The summed E-state index contributed by atoms with van der Waals surface area (Å²) in [5, 5.41) is 4.73. The maximum atomic E-state index is 13.1. The summed E-state index contributed by atoms with van der Waals surface area (Å²) in [5.74, 6) is 0.847. The highest BCUT2D eigenvalue weighted by molar-refractivity contribution is 6.33. The number of carbonyl (C=O) groups excluding carboxylic acids is 1. The van der Waals surface area contributed by atoms with Crippen molar-refractivity contribution in [1.82, 2.24) is 19.7 Å². The van der Waals surface area contributed by atoms with Gasteiger partial charge in [-0.1, -0.05) is 24.6 Å². The predicted octanol–water partition coefficient (Wildman–Crippen LogP) is 3.89. The number of aromatic nitrogens is 3. The molecule has 1 amide bonds. The monoisotopic (exact) mass is 422 g/mol. The van der Waals surface area contributed by atoms with E-state index in [0.29, 0.717) is 35.2 Å².